The molecule has 2 N–H and O–H groups in total. The Balaban J connectivity index is 2.00. The predicted octanol–water partition coefficient (Wildman–Crippen LogP) is 3.06. The molecule has 2 aromatic rings. The van der Waals surface area contributed by atoms with Crippen LogP contribution in [0.25, 0.3) is 0 Å². The van der Waals surface area contributed by atoms with Crippen molar-refractivity contribution in [3.63, 3.8) is 0 Å². The van der Waals surface area contributed by atoms with E-state index in [2.05, 4.69) is 10.6 Å². The highest BCUT2D eigenvalue weighted by molar-refractivity contribution is 6.01. The fraction of sp³-hybridized carbons (Fsp3) is 0.222. The summed E-state index contributed by atoms with van der Waals surface area (Å²) in [6.07, 6.45) is 0. The molecule has 0 aliphatic carbocycles. The lowest BCUT2D eigenvalue weighted by atomic mass is 10.1. The van der Waals surface area contributed by atoms with Gasteiger partial charge in [-0.1, -0.05) is 30.3 Å². The van der Waals surface area contributed by atoms with E-state index in [1.165, 1.54) is 0 Å². The van der Waals surface area contributed by atoms with Gasteiger partial charge in [0.05, 0.1) is 0 Å². The number of carbonyl (C=O) groups excluding carboxylic acids is 2. The molecular formula is C18H20N2O2. The van der Waals surface area contributed by atoms with E-state index in [0.29, 0.717) is 5.56 Å². The molecule has 2 amide bonds. The Bertz CT molecular complexity index is 681. The van der Waals surface area contributed by atoms with Gasteiger partial charge in [-0.15, -0.1) is 0 Å². The van der Waals surface area contributed by atoms with Crippen molar-refractivity contribution in [2.75, 3.05) is 5.32 Å². The highest BCUT2D eigenvalue weighted by atomic mass is 16.2. The molecule has 0 spiro atoms. The van der Waals surface area contributed by atoms with Crippen LogP contribution in [0.1, 0.15) is 28.4 Å². The summed E-state index contributed by atoms with van der Waals surface area (Å²) in [6.45, 7) is 5.57. The van der Waals surface area contributed by atoms with Crippen LogP contribution in [0.3, 0.4) is 0 Å². The average molecular weight is 296 g/mol. The minimum atomic E-state index is -0.618. The number of amides is 2. The van der Waals surface area contributed by atoms with E-state index in [1.807, 2.05) is 38.1 Å². The number of nitrogens with one attached hydrogen (secondary N) is 2. The maximum absolute atomic E-state index is 12.2. The van der Waals surface area contributed by atoms with Gasteiger partial charge in [-0.2, -0.15) is 0 Å². The summed E-state index contributed by atoms with van der Waals surface area (Å²) in [7, 11) is 0. The molecular weight excluding hydrogens is 276 g/mol. The summed E-state index contributed by atoms with van der Waals surface area (Å²) < 4.78 is 0. The largest absolute Gasteiger partial charge is 0.341 e. The number of carbonyl (C=O) groups is 2. The van der Waals surface area contributed by atoms with E-state index < -0.39 is 6.04 Å². The Labute approximate surface area is 130 Å². The van der Waals surface area contributed by atoms with Crippen molar-refractivity contribution in [1.29, 1.82) is 0 Å². The molecule has 0 bridgehead atoms. The lowest BCUT2D eigenvalue weighted by Crippen LogP contribution is -2.41. The van der Waals surface area contributed by atoms with Crippen LogP contribution in [-0.2, 0) is 4.79 Å². The zero-order chi connectivity index (χ0) is 16.1. The van der Waals surface area contributed by atoms with Gasteiger partial charge < -0.3 is 10.6 Å². The topological polar surface area (TPSA) is 58.2 Å². The standard InChI is InChI=1S/C18H20N2O2/c1-12-9-10-13(2)16(11-12)20-17(21)14(3)19-18(22)15-7-5-4-6-8-15/h4-11,14H,1-3H3,(H,19,22)(H,20,21)/t14-/m0/s1. The van der Waals surface area contributed by atoms with Gasteiger partial charge in [0.1, 0.15) is 6.04 Å². The van der Waals surface area contributed by atoms with E-state index in [9.17, 15) is 9.59 Å². The Hall–Kier alpha value is -2.62. The molecule has 22 heavy (non-hydrogen) atoms. The SMILES string of the molecule is Cc1ccc(C)c(NC(=O)[C@H](C)NC(=O)c2ccccc2)c1. The Morgan fingerprint density at radius 2 is 1.68 bits per heavy atom. The quantitative estimate of drug-likeness (QED) is 0.911. The van der Waals surface area contributed by atoms with E-state index in [4.69, 9.17) is 0 Å². The van der Waals surface area contributed by atoms with Crippen molar-refractivity contribution < 1.29 is 9.59 Å². The lowest BCUT2D eigenvalue weighted by molar-refractivity contribution is -0.117. The summed E-state index contributed by atoms with van der Waals surface area (Å²) in [5, 5.41) is 5.55. The second kappa shape index (κ2) is 6.89. The highest BCUT2D eigenvalue weighted by Gasteiger charge is 2.17. The van der Waals surface area contributed by atoms with Gasteiger partial charge in [0.25, 0.3) is 5.91 Å². The number of anilines is 1. The smallest absolute Gasteiger partial charge is 0.251 e. The molecule has 0 aliphatic rings. The minimum Gasteiger partial charge on any atom is -0.341 e. The maximum Gasteiger partial charge on any atom is 0.251 e. The second-order valence-electron chi connectivity index (χ2n) is 5.37. The van der Waals surface area contributed by atoms with Crippen molar-refractivity contribution in [3.05, 3.63) is 65.2 Å². The van der Waals surface area contributed by atoms with Gasteiger partial charge in [-0.05, 0) is 50.1 Å². The van der Waals surface area contributed by atoms with E-state index in [0.717, 1.165) is 16.8 Å². The monoisotopic (exact) mass is 296 g/mol. The predicted molar refractivity (Wildman–Crippen MR) is 87.9 cm³/mol. The summed E-state index contributed by atoms with van der Waals surface area (Å²) in [6, 6.07) is 14.1. The first-order valence-electron chi connectivity index (χ1n) is 7.21. The molecule has 4 heteroatoms. The molecule has 1 atom stereocenters. The fourth-order valence-electron chi connectivity index (χ4n) is 2.05. The molecule has 0 aliphatic heterocycles. The van der Waals surface area contributed by atoms with Crippen LogP contribution in [0.4, 0.5) is 5.69 Å². The third kappa shape index (κ3) is 3.95. The van der Waals surface area contributed by atoms with E-state index in [1.54, 1.807) is 31.2 Å². The van der Waals surface area contributed by atoms with Gasteiger partial charge in [0.15, 0.2) is 0 Å². The molecule has 0 radical (unpaired) electrons. The van der Waals surface area contributed by atoms with Crippen LogP contribution >= 0.6 is 0 Å². The number of hydrogen-bond donors (Lipinski definition) is 2. The van der Waals surface area contributed by atoms with E-state index >= 15 is 0 Å². The molecule has 2 aromatic carbocycles. The third-order valence-corrected chi connectivity index (χ3v) is 3.43. The molecule has 2 rings (SSSR count). The summed E-state index contributed by atoms with van der Waals surface area (Å²) in [4.78, 5) is 24.3. The molecule has 0 saturated carbocycles. The maximum atomic E-state index is 12.2. The lowest BCUT2D eigenvalue weighted by Gasteiger charge is -2.15. The van der Waals surface area contributed by atoms with Crippen molar-refractivity contribution in [2.45, 2.75) is 26.8 Å². The van der Waals surface area contributed by atoms with Crippen LogP contribution in [-0.4, -0.2) is 17.9 Å². The van der Waals surface area contributed by atoms with Crippen molar-refractivity contribution in [1.82, 2.24) is 5.32 Å². The zero-order valence-electron chi connectivity index (χ0n) is 13.0. The Morgan fingerprint density at radius 1 is 1.00 bits per heavy atom. The fourth-order valence-corrected chi connectivity index (χ4v) is 2.05. The number of aryl methyl sites for hydroxylation is 2. The summed E-state index contributed by atoms with van der Waals surface area (Å²) in [5.41, 5.74) is 3.36. The Morgan fingerprint density at radius 3 is 2.36 bits per heavy atom. The van der Waals surface area contributed by atoms with Crippen molar-refractivity contribution in [3.8, 4) is 0 Å². The first-order chi connectivity index (χ1) is 10.5. The highest BCUT2D eigenvalue weighted by Crippen LogP contribution is 2.16. The van der Waals surface area contributed by atoms with Gasteiger partial charge in [-0.3, -0.25) is 9.59 Å². The van der Waals surface area contributed by atoms with Gasteiger partial charge in [0.2, 0.25) is 5.91 Å². The van der Waals surface area contributed by atoms with Gasteiger partial charge in [-0.25, -0.2) is 0 Å². The van der Waals surface area contributed by atoms with Gasteiger partial charge >= 0.3 is 0 Å². The zero-order valence-corrected chi connectivity index (χ0v) is 13.0. The number of rotatable bonds is 4. The van der Waals surface area contributed by atoms with Crippen LogP contribution < -0.4 is 10.6 Å². The second-order valence-corrected chi connectivity index (χ2v) is 5.37. The normalized spacial score (nSPS) is 11.6. The average Bonchev–Trinajstić information content (AvgIpc) is 2.51. The molecule has 0 fully saturated rings. The summed E-state index contributed by atoms with van der Waals surface area (Å²) >= 11 is 0. The van der Waals surface area contributed by atoms with E-state index in [-0.39, 0.29) is 11.8 Å². The van der Waals surface area contributed by atoms with Crippen molar-refractivity contribution in [2.24, 2.45) is 0 Å². The van der Waals surface area contributed by atoms with Crippen molar-refractivity contribution >= 4 is 17.5 Å². The number of benzene rings is 2. The molecule has 114 valence electrons. The summed E-state index contributed by atoms with van der Waals surface area (Å²) in [5.74, 6) is -0.498. The molecule has 0 aromatic heterocycles. The minimum absolute atomic E-state index is 0.238. The third-order valence-electron chi connectivity index (χ3n) is 3.43. The van der Waals surface area contributed by atoms with Crippen LogP contribution in [0.5, 0.6) is 0 Å². The first-order valence-corrected chi connectivity index (χ1v) is 7.21. The molecule has 0 unspecified atom stereocenters. The van der Waals surface area contributed by atoms with Crippen LogP contribution in [0, 0.1) is 13.8 Å². The first kappa shape index (κ1) is 15.8. The van der Waals surface area contributed by atoms with Crippen LogP contribution in [0.2, 0.25) is 0 Å². The molecule has 4 nitrogen and oxygen atoms in total. The van der Waals surface area contributed by atoms with Gasteiger partial charge in [0, 0.05) is 11.3 Å². The number of hydrogen-bond acceptors (Lipinski definition) is 2. The van der Waals surface area contributed by atoms with Crippen LogP contribution in [0.15, 0.2) is 48.5 Å². The molecule has 0 heterocycles. The molecule has 0 saturated heterocycles. The Kier molecular flexibility index (Phi) is 4.94.